The van der Waals surface area contributed by atoms with Crippen molar-refractivity contribution in [2.24, 2.45) is 0 Å². The molecule has 0 saturated heterocycles. The van der Waals surface area contributed by atoms with Crippen LogP contribution in [0.15, 0.2) is 138 Å². The molecule has 2 rings (SSSR count). The van der Waals surface area contributed by atoms with E-state index in [1.807, 2.05) is 25.3 Å². The van der Waals surface area contributed by atoms with Gasteiger partial charge in [0.15, 0.2) is 0 Å². The second-order valence-corrected chi connectivity index (χ2v) is 10.1. The number of H-pyrrole nitrogens is 1. The predicted octanol–water partition coefficient (Wildman–Crippen LogP) is 10.9. The van der Waals surface area contributed by atoms with Gasteiger partial charge in [-0.15, -0.1) is 0 Å². The average molecular weight is 519 g/mol. The summed E-state index contributed by atoms with van der Waals surface area (Å²) in [6.07, 6.45) is 36.6. The fraction of sp³-hybridized carbons (Fsp3) is 0.270. The van der Waals surface area contributed by atoms with Crippen LogP contribution in [0.4, 0.5) is 0 Å². The highest BCUT2D eigenvalue weighted by molar-refractivity contribution is 5.83. The minimum Gasteiger partial charge on any atom is -0.278 e. The lowest BCUT2D eigenvalue weighted by Gasteiger charge is -2.10. The number of hydrogen-bond acceptors (Lipinski definition) is 1. The quantitative estimate of drug-likeness (QED) is 0.166. The molecule has 0 radical (unpaired) electrons. The Hall–Kier alpha value is -3.91. The monoisotopic (exact) mass is 518 g/mol. The molecule has 0 amide bonds. The van der Waals surface area contributed by atoms with Gasteiger partial charge in [-0.3, -0.25) is 5.10 Å². The van der Waals surface area contributed by atoms with Crippen molar-refractivity contribution in [3.63, 3.8) is 0 Å². The van der Waals surface area contributed by atoms with Crippen LogP contribution in [-0.2, 0) is 0 Å². The van der Waals surface area contributed by atoms with Crippen LogP contribution in [0.25, 0.3) is 11.1 Å². The van der Waals surface area contributed by atoms with Crippen molar-refractivity contribution in [2.45, 2.75) is 67.2 Å². The van der Waals surface area contributed by atoms with E-state index in [9.17, 15) is 0 Å². The van der Waals surface area contributed by atoms with Crippen LogP contribution in [0.3, 0.4) is 0 Å². The van der Waals surface area contributed by atoms with Crippen molar-refractivity contribution < 1.29 is 0 Å². The molecule has 1 N–H and O–H groups in total. The Bertz CT molecular complexity index is 1320. The van der Waals surface area contributed by atoms with E-state index in [0.29, 0.717) is 0 Å². The van der Waals surface area contributed by atoms with Gasteiger partial charge in [-0.2, -0.15) is 5.10 Å². The summed E-state index contributed by atoms with van der Waals surface area (Å²) < 4.78 is 0. The maximum atomic E-state index is 4.35. The lowest BCUT2D eigenvalue weighted by atomic mass is 9.95. The molecule has 0 atom stereocenters. The summed E-state index contributed by atoms with van der Waals surface area (Å²) in [6.45, 7) is 21.0. The molecule has 1 aliphatic rings. The number of hydrogen-bond donors (Lipinski definition) is 1. The largest absolute Gasteiger partial charge is 0.278 e. The lowest BCUT2D eigenvalue weighted by molar-refractivity contribution is 0.813. The van der Waals surface area contributed by atoms with Gasteiger partial charge < -0.3 is 0 Å². The molecule has 0 fully saturated rings. The molecule has 0 spiro atoms. The van der Waals surface area contributed by atoms with Gasteiger partial charge in [-0.25, -0.2) is 0 Å². The zero-order valence-electron chi connectivity index (χ0n) is 24.9. The van der Waals surface area contributed by atoms with Crippen LogP contribution >= 0.6 is 0 Å². The first-order valence-corrected chi connectivity index (χ1v) is 13.9. The summed E-state index contributed by atoms with van der Waals surface area (Å²) in [7, 11) is 0. The molecule has 2 heteroatoms. The summed E-state index contributed by atoms with van der Waals surface area (Å²) in [6, 6.07) is 0. The number of nitrogens with zero attached hydrogens (tertiary/aromatic N) is 1. The Morgan fingerprint density at radius 1 is 1.03 bits per heavy atom. The second kappa shape index (κ2) is 16.8. The Labute approximate surface area is 237 Å². The molecule has 204 valence electrons. The fourth-order valence-corrected chi connectivity index (χ4v) is 4.00. The Morgan fingerprint density at radius 2 is 1.82 bits per heavy atom. The Kier molecular flexibility index (Phi) is 13.5. The predicted molar refractivity (Wildman–Crippen MR) is 174 cm³/mol. The number of unbranched alkanes of at least 4 members (excludes halogenated alkanes) is 2. The van der Waals surface area contributed by atoms with E-state index in [2.05, 4.69) is 131 Å². The highest BCUT2D eigenvalue weighted by Crippen LogP contribution is 2.28. The SMILES string of the molecule is C=C(C)/C=C\C=C(/C)c1[nH]ncc1C1=C/C=C/C(=C/C(=C\C)C(/C)=C/C=C(\C)C/C=C/CCCC)C(=C)C=C1. The summed E-state index contributed by atoms with van der Waals surface area (Å²) in [5.41, 5.74) is 11.1. The van der Waals surface area contributed by atoms with Gasteiger partial charge in [0, 0.05) is 5.56 Å². The van der Waals surface area contributed by atoms with Gasteiger partial charge >= 0.3 is 0 Å². The summed E-state index contributed by atoms with van der Waals surface area (Å²) >= 11 is 0. The van der Waals surface area contributed by atoms with Gasteiger partial charge in [0.05, 0.1) is 11.9 Å². The first kappa shape index (κ1) is 31.3. The summed E-state index contributed by atoms with van der Waals surface area (Å²) in [5, 5.41) is 7.47. The van der Waals surface area contributed by atoms with E-state index in [-0.39, 0.29) is 0 Å². The molecule has 1 heterocycles. The zero-order valence-corrected chi connectivity index (χ0v) is 24.9. The van der Waals surface area contributed by atoms with Crippen molar-refractivity contribution in [3.8, 4) is 0 Å². The molecule has 1 aromatic heterocycles. The standard InChI is InChI=1S/C37H46N2/c1-9-11-12-13-14-18-29(5)22-23-30(6)33(10-2)26-35-21-16-20-34(25-24-31(35)7)36-27-38-39-37(36)32(8)19-15-17-28(3)4/h10,13-17,19-27H,3,7,9,11-12,18H2,1-2,4-6,8H3,(H,38,39)/b14-13+,17-15-,21-16+,25-24?,29-22+,30-23+,32-19+,33-10+,34-20?,35-26-. The fourth-order valence-electron chi connectivity index (χ4n) is 4.00. The number of nitrogens with one attached hydrogen (secondary N) is 1. The van der Waals surface area contributed by atoms with Crippen molar-refractivity contribution in [1.29, 1.82) is 0 Å². The van der Waals surface area contributed by atoms with Crippen LogP contribution in [-0.4, -0.2) is 10.2 Å². The number of aromatic amines is 1. The van der Waals surface area contributed by atoms with Gasteiger partial charge in [-0.1, -0.05) is 123 Å². The summed E-state index contributed by atoms with van der Waals surface area (Å²) in [4.78, 5) is 0. The topological polar surface area (TPSA) is 28.7 Å². The molecule has 0 aliphatic heterocycles. The zero-order chi connectivity index (χ0) is 28.6. The smallest absolute Gasteiger partial charge is 0.0685 e. The van der Waals surface area contributed by atoms with Crippen molar-refractivity contribution in [1.82, 2.24) is 10.2 Å². The van der Waals surface area contributed by atoms with Crippen LogP contribution in [0.1, 0.15) is 78.5 Å². The molecule has 0 bridgehead atoms. The van der Waals surface area contributed by atoms with E-state index in [1.165, 1.54) is 36.0 Å². The van der Waals surface area contributed by atoms with E-state index in [1.54, 1.807) is 0 Å². The van der Waals surface area contributed by atoms with E-state index in [0.717, 1.165) is 45.5 Å². The van der Waals surface area contributed by atoms with E-state index in [4.69, 9.17) is 0 Å². The van der Waals surface area contributed by atoms with Crippen LogP contribution in [0.2, 0.25) is 0 Å². The Morgan fingerprint density at radius 3 is 2.54 bits per heavy atom. The molecule has 1 aliphatic carbocycles. The molecule has 0 aromatic carbocycles. The van der Waals surface area contributed by atoms with Gasteiger partial charge in [-0.05, 0) is 87.0 Å². The highest BCUT2D eigenvalue weighted by Gasteiger charge is 2.11. The van der Waals surface area contributed by atoms with Crippen molar-refractivity contribution in [3.05, 3.63) is 149 Å². The number of rotatable bonds is 12. The highest BCUT2D eigenvalue weighted by atomic mass is 15.1. The van der Waals surface area contributed by atoms with E-state index < -0.39 is 0 Å². The second-order valence-electron chi connectivity index (χ2n) is 10.1. The molecule has 2 nitrogen and oxygen atoms in total. The number of aromatic nitrogens is 2. The average Bonchev–Trinajstić information content (AvgIpc) is 3.39. The molecular weight excluding hydrogens is 472 g/mol. The van der Waals surface area contributed by atoms with Crippen molar-refractivity contribution >= 4 is 11.1 Å². The van der Waals surface area contributed by atoms with Gasteiger partial charge in [0.2, 0.25) is 0 Å². The van der Waals surface area contributed by atoms with Gasteiger partial charge in [0.25, 0.3) is 0 Å². The third-order valence-corrected chi connectivity index (χ3v) is 6.48. The first-order chi connectivity index (χ1) is 18.8. The molecule has 1 aromatic rings. The summed E-state index contributed by atoms with van der Waals surface area (Å²) in [5.74, 6) is 0. The minimum absolute atomic E-state index is 0.967. The van der Waals surface area contributed by atoms with E-state index >= 15 is 0 Å². The third kappa shape index (κ3) is 10.8. The molecule has 0 unspecified atom stereocenters. The minimum atomic E-state index is 0.967. The first-order valence-electron chi connectivity index (χ1n) is 13.9. The maximum Gasteiger partial charge on any atom is 0.0685 e. The lowest BCUT2D eigenvalue weighted by Crippen LogP contribution is -1.91. The van der Waals surface area contributed by atoms with Gasteiger partial charge in [0.1, 0.15) is 0 Å². The van der Waals surface area contributed by atoms with Crippen molar-refractivity contribution in [2.75, 3.05) is 0 Å². The molecular formula is C37H46N2. The third-order valence-electron chi connectivity index (χ3n) is 6.48. The molecule has 0 saturated carbocycles. The van der Waals surface area contributed by atoms with Crippen LogP contribution in [0.5, 0.6) is 0 Å². The van der Waals surface area contributed by atoms with Crippen LogP contribution in [0, 0.1) is 0 Å². The Balaban J connectivity index is 2.23. The molecule has 39 heavy (non-hydrogen) atoms. The van der Waals surface area contributed by atoms with Crippen LogP contribution < -0.4 is 0 Å². The normalized spacial score (nSPS) is 17.7. The number of allylic oxidation sites excluding steroid dienone is 22. The maximum absolute atomic E-state index is 4.35.